The molecule has 0 aliphatic carbocycles. The number of benzene rings is 2. The number of anilines is 2. The highest BCUT2D eigenvalue weighted by molar-refractivity contribution is 7.94. The van der Waals surface area contributed by atoms with Gasteiger partial charge in [0.05, 0.1) is 18.5 Å². The lowest BCUT2D eigenvalue weighted by molar-refractivity contribution is 0.402. The van der Waals surface area contributed by atoms with Crippen molar-refractivity contribution >= 4 is 31.6 Å². The standard InChI is InChI=1S/C16H19N3O5S2/c1-18-13-7-3-4-8-14(13)19(26(18,22)23)12-11-17-25(20,21)16-10-6-5-9-15(16)24-2/h3-10,17H,11-12H2,1-2H3. The smallest absolute Gasteiger partial charge is 0.326 e. The summed E-state index contributed by atoms with van der Waals surface area (Å²) in [7, 11) is -4.69. The lowest BCUT2D eigenvalue weighted by Gasteiger charge is -2.19. The van der Waals surface area contributed by atoms with Crippen LogP contribution in [0.2, 0.25) is 0 Å². The van der Waals surface area contributed by atoms with Gasteiger partial charge in [-0.3, -0.25) is 4.31 Å². The molecule has 10 heteroatoms. The van der Waals surface area contributed by atoms with E-state index in [9.17, 15) is 16.8 Å². The molecule has 0 saturated heterocycles. The van der Waals surface area contributed by atoms with E-state index in [0.717, 1.165) is 0 Å². The molecule has 0 spiro atoms. The fourth-order valence-corrected chi connectivity index (χ4v) is 5.39. The number of rotatable bonds is 6. The summed E-state index contributed by atoms with van der Waals surface area (Å²) in [4.78, 5) is 0.00398. The van der Waals surface area contributed by atoms with Crippen molar-refractivity contribution < 1.29 is 21.6 Å². The molecule has 0 bridgehead atoms. The highest BCUT2D eigenvalue weighted by Crippen LogP contribution is 2.39. The molecule has 0 radical (unpaired) electrons. The van der Waals surface area contributed by atoms with Crippen LogP contribution in [0.1, 0.15) is 0 Å². The topological polar surface area (TPSA) is 96.0 Å². The first-order valence-electron chi connectivity index (χ1n) is 7.77. The molecule has 0 atom stereocenters. The summed E-state index contributed by atoms with van der Waals surface area (Å²) in [5.41, 5.74) is 1.08. The van der Waals surface area contributed by atoms with Gasteiger partial charge in [0.25, 0.3) is 0 Å². The van der Waals surface area contributed by atoms with Crippen LogP contribution in [0.5, 0.6) is 5.75 Å². The molecule has 0 aromatic heterocycles. The van der Waals surface area contributed by atoms with Crippen LogP contribution in [0.15, 0.2) is 53.4 Å². The molecule has 3 rings (SSSR count). The Labute approximate surface area is 153 Å². The molecule has 140 valence electrons. The Hall–Kier alpha value is -2.30. The van der Waals surface area contributed by atoms with Gasteiger partial charge in [-0.15, -0.1) is 0 Å². The van der Waals surface area contributed by atoms with Crippen molar-refractivity contribution in [3.8, 4) is 5.75 Å². The first kappa shape index (κ1) is 18.5. The molecule has 1 N–H and O–H groups in total. The van der Waals surface area contributed by atoms with E-state index in [1.807, 2.05) is 0 Å². The van der Waals surface area contributed by atoms with Crippen molar-refractivity contribution in [2.24, 2.45) is 0 Å². The summed E-state index contributed by atoms with van der Waals surface area (Å²) in [5.74, 6) is 0.221. The van der Waals surface area contributed by atoms with E-state index in [2.05, 4.69) is 4.72 Å². The summed E-state index contributed by atoms with van der Waals surface area (Å²) in [6.45, 7) is -0.111. The minimum Gasteiger partial charge on any atom is -0.495 e. The van der Waals surface area contributed by atoms with Crippen molar-refractivity contribution in [1.29, 1.82) is 0 Å². The van der Waals surface area contributed by atoms with Crippen LogP contribution in [-0.4, -0.2) is 44.1 Å². The van der Waals surface area contributed by atoms with Gasteiger partial charge < -0.3 is 4.74 Å². The lowest BCUT2D eigenvalue weighted by Crippen LogP contribution is -2.40. The van der Waals surface area contributed by atoms with Crippen LogP contribution >= 0.6 is 0 Å². The van der Waals surface area contributed by atoms with Crippen molar-refractivity contribution in [2.45, 2.75) is 4.90 Å². The summed E-state index contributed by atoms with van der Waals surface area (Å²) < 4.78 is 59.9. The molecule has 26 heavy (non-hydrogen) atoms. The van der Waals surface area contributed by atoms with Crippen molar-refractivity contribution in [3.63, 3.8) is 0 Å². The third kappa shape index (κ3) is 3.11. The quantitative estimate of drug-likeness (QED) is 0.790. The van der Waals surface area contributed by atoms with Crippen LogP contribution in [-0.2, 0) is 20.2 Å². The van der Waals surface area contributed by atoms with Crippen LogP contribution < -0.4 is 18.1 Å². The average molecular weight is 397 g/mol. The maximum Gasteiger partial charge on any atom is 0.326 e. The third-order valence-electron chi connectivity index (χ3n) is 4.08. The SMILES string of the molecule is COc1ccccc1S(=O)(=O)NCCN1c2ccccc2N(C)S1(=O)=O. The molecular formula is C16H19N3O5S2. The third-order valence-corrected chi connectivity index (χ3v) is 7.41. The zero-order valence-electron chi connectivity index (χ0n) is 14.3. The first-order chi connectivity index (χ1) is 12.3. The minimum absolute atomic E-state index is 0.00398. The average Bonchev–Trinajstić information content (AvgIpc) is 2.82. The van der Waals surface area contributed by atoms with Crippen LogP contribution in [0.25, 0.3) is 0 Å². The second-order valence-corrected chi connectivity index (χ2v) is 9.20. The number of methoxy groups -OCH3 is 1. The molecule has 1 aliphatic heterocycles. The molecule has 8 nitrogen and oxygen atoms in total. The number of hydrogen-bond donors (Lipinski definition) is 1. The Morgan fingerprint density at radius 1 is 1.04 bits per heavy atom. The Morgan fingerprint density at radius 2 is 1.65 bits per heavy atom. The molecule has 0 saturated carbocycles. The molecule has 2 aromatic rings. The Bertz CT molecular complexity index is 1020. The second-order valence-electron chi connectivity index (χ2n) is 5.58. The number of hydrogen-bond acceptors (Lipinski definition) is 5. The van der Waals surface area contributed by atoms with Gasteiger partial charge >= 0.3 is 10.2 Å². The zero-order chi connectivity index (χ0) is 18.9. The van der Waals surface area contributed by atoms with Gasteiger partial charge in [-0.2, -0.15) is 8.42 Å². The number of para-hydroxylation sites is 3. The molecule has 0 fully saturated rings. The number of sulfonamides is 1. The molecule has 1 heterocycles. The first-order valence-corrected chi connectivity index (χ1v) is 10.7. The number of nitrogens with zero attached hydrogens (tertiary/aromatic N) is 2. The van der Waals surface area contributed by atoms with Crippen LogP contribution in [0.4, 0.5) is 11.4 Å². The minimum atomic E-state index is -3.83. The molecule has 2 aromatic carbocycles. The van der Waals surface area contributed by atoms with Crippen molar-refractivity contribution in [1.82, 2.24) is 4.72 Å². The second kappa shape index (κ2) is 6.78. The number of fused-ring (bicyclic) bond motifs is 1. The fraction of sp³-hybridized carbons (Fsp3) is 0.250. The van der Waals surface area contributed by atoms with Gasteiger partial charge in [0.15, 0.2) is 0 Å². The van der Waals surface area contributed by atoms with E-state index in [0.29, 0.717) is 11.4 Å². The van der Waals surface area contributed by atoms with Gasteiger partial charge in [-0.1, -0.05) is 24.3 Å². The maximum atomic E-state index is 12.5. The van der Waals surface area contributed by atoms with Crippen LogP contribution in [0, 0.1) is 0 Å². The van der Waals surface area contributed by atoms with E-state index in [1.54, 1.807) is 42.5 Å². The predicted octanol–water partition coefficient (Wildman–Crippen LogP) is 1.17. The number of ether oxygens (including phenoxy) is 1. The summed E-state index contributed by atoms with van der Waals surface area (Å²) in [6, 6.07) is 13.1. The van der Waals surface area contributed by atoms with Crippen LogP contribution in [0.3, 0.4) is 0 Å². The Balaban J connectivity index is 1.78. The largest absolute Gasteiger partial charge is 0.495 e. The van der Waals surface area contributed by atoms with E-state index in [1.165, 1.54) is 28.8 Å². The highest BCUT2D eigenvalue weighted by Gasteiger charge is 2.37. The van der Waals surface area contributed by atoms with E-state index in [-0.39, 0.29) is 23.7 Å². The monoisotopic (exact) mass is 397 g/mol. The zero-order valence-corrected chi connectivity index (χ0v) is 15.9. The number of nitrogens with one attached hydrogen (secondary N) is 1. The Morgan fingerprint density at radius 3 is 2.35 bits per heavy atom. The van der Waals surface area contributed by atoms with E-state index >= 15 is 0 Å². The van der Waals surface area contributed by atoms with Gasteiger partial charge in [-0.25, -0.2) is 17.4 Å². The van der Waals surface area contributed by atoms with Gasteiger partial charge in [0, 0.05) is 20.1 Å². The van der Waals surface area contributed by atoms with Gasteiger partial charge in [0.2, 0.25) is 10.0 Å². The molecule has 1 aliphatic rings. The summed E-state index contributed by atoms with van der Waals surface area (Å²) >= 11 is 0. The molecule has 0 amide bonds. The Kier molecular flexibility index (Phi) is 4.82. The lowest BCUT2D eigenvalue weighted by atomic mass is 10.2. The van der Waals surface area contributed by atoms with Gasteiger partial charge in [-0.05, 0) is 24.3 Å². The van der Waals surface area contributed by atoms with E-state index in [4.69, 9.17) is 4.74 Å². The maximum absolute atomic E-state index is 12.5. The fourth-order valence-electron chi connectivity index (χ4n) is 2.77. The highest BCUT2D eigenvalue weighted by atomic mass is 32.2. The van der Waals surface area contributed by atoms with Crippen molar-refractivity contribution in [3.05, 3.63) is 48.5 Å². The van der Waals surface area contributed by atoms with Gasteiger partial charge in [0.1, 0.15) is 10.6 Å². The molecular weight excluding hydrogens is 378 g/mol. The summed E-state index contributed by atoms with van der Waals surface area (Å²) in [5, 5.41) is 0. The molecule has 0 unspecified atom stereocenters. The van der Waals surface area contributed by atoms with Crippen molar-refractivity contribution in [2.75, 3.05) is 35.9 Å². The van der Waals surface area contributed by atoms with E-state index < -0.39 is 20.2 Å². The predicted molar refractivity (Wildman–Crippen MR) is 99.3 cm³/mol. The normalized spacial score (nSPS) is 15.8. The summed E-state index contributed by atoms with van der Waals surface area (Å²) in [6.07, 6.45) is 0.